The number of hydrogen-bond donors (Lipinski definition) is 0. The fourth-order valence-corrected chi connectivity index (χ4v) is 4.11. The van der Waals surface area contributed by atoms with E-state index in [9.17, 15) is 0 Å². The Morgan fingerprint density at radius 3 is 2.35 bits per heavy atom. The van der Waals surface area contributed by atoms with Crippen molar-refractivity contribution in [3.05, 3.63) is 46.9 Å². The van der Waals surface area contributed by atoms with Crippen LogP contribution in [0.3, 0.4) is 0 Å². The zero-order chi connectivity index (χ0) is 21.5. The summed E-state index contributed by atoms with van der Waals surface area (Å²) < 4.78 is 34.3. The van der Waals surface area contributed by atoms with Crippen molar-refractivity contribution in [2.75, 3.05) is 28.1 Å². The maximum Gasteiger partial charge on any atom is 0.231 e. The first-order chi connectivity index (χ1) is 15.1. The number of benzene rings is 3. The molecular formula is C23H18BrNO6. The Morgan fingerprint density at radius 2 is 1.61 bits per heavy atom. The quantitative estimate of drug-likeness (QED) is 0.361. The van der Waals surface area contributed by atoms with Gasteiger partial charge in [-0.15, -0.1) is 0 Å². The molecule has 3 aromatic carbocycles. The second-order valence-corrected chi connectivity index (χ2v) is 7.62. The average Bonchev–Trinajstić information content (AvgIpc) is 3.42. The second-order valence-electron chi connectivity index (χ2n) is 6.77. The summed E-state index contributed by atoms with van der Waals surface area (Å²) in [5.74, 6) is 3.55. The molecule has 31 heavy (non-hydrogen) atoms. The van der Waals surface area contributed by atoms with Gasteiger partial charge in [0.2, 0.25) is 18.4 Å². The highest BCUT2D eigenvalue weighted by molar-refractivity contribution is 9.10. The molecule has 0 amide bonds. The number of ether oxygens (including phenoxy) is 5. The van der Waals surface area contributed by atoms with Crippen molar-refractivity contribution in [1.82, 2.24) is 4.98 Å². The third kappa shape index (κ3) is 3.23. The summed E-state index contributed by atoms with van der Waals surface area (Å²) in [6, 6.07) is 13.3. The summed E-state index contributed by atoms with van der Waals surface area (Å²) in [6.45, 7) is 0.204. The molecule has 0 radical (unpaired) electrons. The van der Waals surface area contributed by atoms with Gasteiger partial charge in [0.25, 0.3) is 0 Å². The van der Waals surface area contributed by atoms with E-state index in [1.54, 1.807) is 21.3 Å². The number of rotatable bonds is 5. The first-order valence-electron chi connectivity index (χ1n) is 9.42. The molecule has 8 heteroatoms. The van der Waals surface area contributed by atoms with Crippen LogP contribution >= 0.6 is 15.9 Å². The van der Waals surface area contributed by atoms with Crippen molar-refractivity contribution >= 4 is 27.0 Å². The zero-order valence-electron chi connectivity index (χ0n) is 17.0. The van der Waals surface area contributed by atoms with Crippen LogP contribution in [-0.4, -0.2) is 33.1 Å². The van der Waals surface area contributed by atoms with Gasteiger partial charge in [-0.3, -0.25) is 0 Å². The Balaban J connectivity index is 1.60. The Bertz CT molecular complexity index is 1300. The van der Waals surface area contributed by atoms with Gasteiger partial charge in [0.15, 0.2) is 28.6 Å². The van der Waals surface area contributed by atoms with E-state index in [0.29, 0.717) is 40.2 Å². The third-order valence-corrected chi connectivity index (χ3v) is 5.75. The van der Waals surface area contributed by atoms with Crippen LogP contribution in [0.25, 0.3) is 33.7 Å². The Hall–Kier alpha value is -3.39. The first-order valence-corrected chi connectivity index (χ1v) is 10.2. The van der Waals surface area contributed by atoms with Crippen LogP contribution in [-0.2, 0) is 0 Å². The van der Waals surface area contributed by atoms with Crippen molar-refractivity contribution in [3.8, 4) is 51.3 Å². The van der Waals surface area contributed by atoms with Gasteiger partial charge in [-0.05, 0) is 57.9 Å². The Morgan fingerprint density at radius 1 is 0.839 bits per heavy atom. The van der Waals surface area contributed by atoms with Crippen molar-refractivity contribution in [2.45, 2.75) is 0 Å². The molecule has 1 aliphatic heterocycles. The molecule has 0 unspecified atom stereocenters. The van der Waals surface area contributed by atoms with Gasteiger partial charge in [-0.2, -0.15) is 0 Å². The summed E-state index contributed by atoms with van der Waals surface area (Å²) >= 11 is 3.57. The van der Waals surface area contributed by atoms with Crippen LogP contribution in [0.5, 0.6) is 28.7 Å². The maximum absolute atomic E-state index is 6.10. The Kier molecular flexibility index (Phi) is 4.86. The van der Waals surface area contributed by atoms with E-state index in [1.807, 2.05) is 42.5 Å². The fourth-order valence-electron chi connectivity index (χ4n) is 3.62. The summed E-state index contributed by atoms with van der Waals surface area (Å²) in [7, 11) is 4.77. The summed E-state index contributed by atoms with van der Waals surface area (Å²) in [5.41, 5.74) is 3.92. The van der Waals surface area contributed by atoms with Crippen LogP contribution in [0.15, 0.2) is 51.4 Å². The number of methoxy groups -OCH3 is 3. The van der Waals surface area contributed by atoms with Crippen molar-refractivity contribution in [3.63, 3.8) is 0 Å². The largest absolute Gasteiger partial charge is 0.493 e. The Labute approximate surface area is 186 Å². The van der Waals surface area contributed by atoms with Gasteiger partial charge in [0.05, 0.1) is 26.9 Å². The fraction of sp³-hybridized carbons (Fsp3) is 0.174. The molecule has 4 aromatic rings. The molecule has 5 rings (SSSR count). The van der Waals surface area contributed by atoms with Crippen molar-refractivity contribution in [2.24, 2.45) is 0 Å². The molecule has 158 valence electrons. The maximum atomic E-state index is 6.10. The van der Waals surface area contributed by atoms with E-state index in [-0.39, 0.29) is 6.79 Å². The van der Waals surface area contributed by atoms with Gasteiger partial charge in [-0.25, -0.2) is 4.98 Å². The number of halogens is 1. The number of aromatic nitrogens is 1. The normalized spacial score (nSPS) is 12.3. The minimum atomic E-state index is 0.204. The lowest BCUT2D eigenvalue weighted by Gasteiger charge is -2.15. The monoisotopic (exact) mass is 483 g/mol. The van der Waals surface area contributed by atoms with Gasteiger partial charge in [0.1, 0.15) is 5.52 Å². The van der Waals surface area contributed by atoms with E-state index in [4.69, 9.17) is 28.1 Å². The molecule has 0 saturated heterocycles. The predicted molar refractivity (Wildman–Crippen MR) is 118 cm³/mol. The average molecular weight is 484 g/mol. The van der Waals surface area contributed by atoms with E-state index in [1.165, 1.54) is 0 Å². The highest BCUT2D eigenvalue weighted by Gasteiger charge is 2.21. The molecule has 0 saturated carbocycles. The van der Waals surface area contributed by atoms with E-state index in [2.05, 4.69) is 20.9 Å². The van der Waals surface area contributed by atoms with Gasteiger partial charge in [0, 0.05) is 10.0 Å². The molecule has 7 nitrogen and oxygen atoms in total. The number of nitrogens with zero attached hydrogens (tertiary/aromatic N) is 1. The highest BCUT2D eigenvalue weighted by atomic mass is 79.9. The molecule has 1 aromatic heterocycles. The highest BCUT2D eigenvalue weighted by Crippen LogP contribution is 2.45. The second kappa shape index (κ2) is 7.70. The van der Waals surface area contributed by atoms with E-state index >= 15 is 0 Å². The van der Waals surface area contributed by atoms with Crippen LogP contribution in [0.1, 0.15) is 0 Å². The standard InChI is InChI=1S/C23H18BrNO6/c1-26-17-7-5-13(21(27-2)22(17)28-3)12-4-6-16-18(8-12)31-23(25-16)14-9-19-20(10-15(14)24)30-11-29-19/h4-10H,11H2,1-3H3. The van der Waals surface area contributed by atoms with Crippen molar-refractivity contribution < 1.29 is 28.1 Å². The minimum absolute atomic E-state index is 0.204. The topological polar surface area (TPSA) is 72.2 Å². The minimum Gasteiger partial charge on any atom is -0.493 e. The molecular weight excluding hydrogens is 466 g/mol. The molecule has 0 fully saturated rings. The summed E-state index contributed by atoms with van der Waals surface area (Å²) in [5, 5.41) is 0. The lowest BCUT2D eigenvalue weighted by Crippen LogP contribution is -1.96. The summed E-state index contributed by atoms with van der Waals surface area (Å²) in [6.07, 6.45) is 0. The lowest BCUT2D eigenvalue weighted by atomic mass is 10.0. The molecule has 2 heterocycles. The lowest BCUT2D eigenvalue weighted by molar-refractivity contribution is 0.174. The number of fused-ring (bicyclic) bond motifs is 2. The van der Waals surface area contributed by atoms with Gasteiger partial charge >= 0.3 is 0 Å². The molecule has 0 bridgehead atoms. The zero-order valence-corrected chi connectivity index (χ0v) is 18.6. The molecule has 0 N–H and O–H groups in total. The van der Waals surface area contributed by atoms with Crippen LogP contribution in [0.2, 0.25) is 0 Å². The number of oxazole rings is 1. The van der Waals surface area contributed by atoms with Gasteiger partial charge < -0.3 is 28.1 Å². The third-order valence-electron chi connectivity index (χ3n) is 5.10. The van der Waals surface area contributed by atoms with Crippen LogP contribution < -0.4 is 23.7 Å². The molecule has 1 aliphatic rings. The summed E-state index contributed by atoms with van der Waals surface area (Å²) in [4.78, 5) is 4.64. The van der Waals surface area contributed by atoms with Crippen LogP contribution in [0.4, 0.5) is 0 Å². The van der Waals surface area contributed by atoms with Crippen molar-refractivity contribution in [1.29, 1.82) is 0 Å². The molecule has 0 atom stereocenters. The number of hydrogen-bond acceptors (Lipinski definition) is 7. The van der Waals surface area contributed by atoms with Gasteiger partial charge in [-0.1, -0.05) is 6.07 Å². The van der Waals surface area contributed by atoms with Crippen LogP contribution in [0, 0.1) is 0 Å². The van der Waals surface area contributed by atoms with E-state index < -0.39 is 0 Å². The van der Waals surface area contributed by atoms with E-state index in [0.717, 1.165) is 26.7 Å². The molecule has 0 spiro atoms. The SMILES string of the molecule is COc1ccc(-c2ccc3nc(-c4cc5c(cc4Br)OCO5)oc3c2)c(OC)c1OC. The molecule has 0 aliphatic carbocycles. The smallest absolute Gasteiger partial charge is 0.231 e. The predicted octanol–water partition coefficient (Wildman–Crippen LogP) is 5.68. The first kappa shape index (κ1) is 19.6.